The molecule has 0 aliphatic heterocycles. The van der Waals surface area contributed by atoms with Gasteiger partial charge in [-0.3, -0.25) is 0 Å². The summed E-state index contributed by atoms with van der Waals surface area (Å²) in [5.41, 5.74) is 7.87. The number of carbonyl (C=O) groups excluding carboxylic acids is 1. The van der Waals surface area contributed by atoms with E-state index in [0.717, 1.165) is 5.56 Å². The van der Waals surface area contributed by atoms with Crippen LogP contribution in [-0.2, 0) is 6.54 Å². The van der Waals surface area contributed by atoms with E-state index in [1.807, 2.05) is 24.3 Å². The number of urea groups is 1. The molecule has 0 unspecified atom stereocenters. The lowest BCUT2D eigenvalue weighted by molar-refractivity contribution is 0.262. The molecule has 0 aliphatic rings. The molecule has 0 saturated heterocycles. The first-order valence-electron chi connectivity index (χ1n) is 5.80. The molecule has 5 heteroatoms. The highest BCUT2D eigenvalue weighted by molar-refractivity contribution is 6.30. The standard InChI is InChI=1S/C14H14ClN3O/c15-11-5-7-12(8-6-11)17-14(19)18-13-4-2-1-3-10(13)9-16/h1-8H,9,16H2,(H2,17,18,19). The van der Waals surface area contributed by atoms with Gasteiger partial charge in [-0.15, -0.1) is 0 Å². The first-order chi connectivity index (χ1) is 9.19. The van der Waals surface area contributed by atoms with Gasteiger partial charge in [-0.25, -0.2) is 4.79 Å². The van der Waals surface area contributed by atoms with Crippen LogP contribution in [0.2, 0.25) is 5.02 Å². The van der Waals surface area contributed by atoms with Crippen LogP contribution in [0.1, 0.15) is 5.56 Å². The Labute approximate surface area is 116 Å². The Kier molecular flexibility index (Phi) is 4.39. The van der Waals surface area contributed by atoms with Gasteiger partial charge in [0.1, 0.15) is 0 Å². The zero-order chi connectivity index (χ0) is 13.7. The minimum absolute atomic E-state index is 0.316. The predicted molar refractivity (Wildman–Crippen MR) is 78.4 cm³/mol. The second-order valence-electron chi connectivity index (χ2n) is 3.95. The summed E-state index contributed by atoms with van der Waals surface area (Å²) in [7, 11) is 0. The summed E-state index contributed by atoms with van der Waals surface area (Å²) >= 11 is 5.78. The maximum Gasteiger partial charge on any atom is 0.323 e. The number of rotatable bonds is 3. The van der Waals surface area contributed by atoms with Gasteiger partial charge < -0.3 is 16.4 Å². The maximum absolute atomic E-state index is 11.8. The van der Waals surface area contributed by atoms with E-state index in [4.69, 9.17) is 17.3 Å². The van der Waals surface area contributed by atoms with E-state index in [0.29, 0.717) is 22.9 Å². The van der Waals surface area contributed by atoms with E-state index in [1.54, 1.807) is 24.3 Å². The van der Waals surface area contributed by atoms with E-state index in [1.165, 1.54) is 0 Å². The van der Waals surface area contributed by atoms with Crippen molar-refractivity contribution in [2.75, 3.05) is 10.6 Å². The molecule has 0 saturated carbocycles. The number of hydrogen-bond acceptors (Lipinski definition) is 2. The van der Waals surface area contributed by atoms with Gasteiger partial charge in [-0.1, -0.05) is 29.8 Å². The first-order valence-corrected chi connectivity index (χ1v) is 6.18. The predicted octanol–water partition coefficient (Wildman–Crippen LogP) is 3.44. The Bertz CT molecular complexity index is 569. The van der Waals surface area contributed by atoms with Crippen LogP contribution in [0.4, 0.5) is 16.2 Å². The summed E-state index contributed by atoms with van der Waals surface area (Å²) in [5, 5.41) is 6.11. The normalized spacial score (nSPS) is 10.0. The Morgan fingerprint density at radius 3 is 2.42 bits per heavy atom. The zero-order valence-corrected chi connectivity index (χ0v) is 10.9. The van der Waals surface area contributed by atoms with Crippen LogP contribution in [-0.4, -0.2) is 6.03 Å². The Balaban J connectivity index is 2.03. The molecule has 0 radical (unpaired) electrons. The molecule has 98 valence electrons. The molecule has 19 heavy (non-hydrogen) atoms. The smallest absolute Gasteiger partial charge is 0.323 e. The molecule has 0 fully saturated rings. The minimum Gasteiger partial charge on any atom is -0.326 e. The lowest BCUT2D eigenvalue weighted by Gasteiger charge is -2.10. The van der Waals surface area contributed by atoms with Crippen molar-refractivity contribution in [2.24, 2.45) is 5.73 Å². The van der Waals surface area contributed by atoms with Crippen LogP contribution in [0.3, 0.4) is 0 Å². The second kappa shape index (κ2) is 6.22. The molecule has 2 aromatic carbocycles. The van der Waals surface area contributed by atoms with Crippen molar-refractivity contribution >= 4 is 29.0 Å². The number of carbonyl (C=O) groups is 1. The Morgan fingerprint density at radius 2 is 1.74 bits per heavy atom. The van der Waals surface area contributed by atoms with Crippen LogP contribution < -0.4 is 16.4 Å². The molecule has 4 nitrogen and oxygen atoms in total. The second-order valence-corrected chi connectivity index (χ2v) is 4.38. The molecule has 2 rings (SSSR count). The van der Waals surface area contributed by atoms with Crippen LogP contribution in [0.5, 0.6) is 0 Å². The summed E-state index contributed by atoms with van der Waals surface area (Å²) in [4.78, 5) is 11.8. The van der Waals surface area contributed by atoms with Crippen molar-refractivity contribution in [1.82, 2.24) is 0 Å². The Hall–Kier alpha value is -2.04. The fourth-order valence-corrected chi connectivity index (χ4v) is 1.76. The average molecular weight is 276 g/mol. The molecule has 0 aliphatic carbocycles. The van der Waals surface area contributed by atoms with Crippen LogP contribution in [0.15, 0.2) is 48.5 Å². The van der Waals surface area contributed by atoms with Crippen LogP contribution >= 0.6 is 11.6 Å². The van der Waals surface area contributed by atoms with E-state index in [2.05, 4.69) is 10.6 Å². The summed E-state index contributed by atoms with van der Waals surface area (Å²) in [5.74, 6) is 0. The van der Waals surface area contributed by atoms with Crippen molar-refractivity contribution in [2.45, 2.75) is 6.54 Å². The molecular weight excluding hydrogens is 262 g/mol. The fraction of sp³-hybridized carbons (Fsp3) is 0.0714. The molecule has 2 amide bonds. The molecule has 0 spiro atoms. The molecule has 2 aromatic rings. The van der Waals surface area contributed by atoms with Gasteiger partial charge in [0.15, 0.2) is 0 Å². The third kappa shape index (κ3) is 3.71. The van der Waals surface area contributed by atoms with Crippen molar-refractivity contribution < 1.29 is 4.79 Å². The monoisotopic (exact) mass is 275 g/mol. The number of nitrogens with two attached hydrogens (primary N) is 1. The lowest BCUT2D eigenvalue weighted by atomic mass is 10.2. The highest BCUT2D eigenvalue weighted by Crippen LogP contribution is 2.16. The summed E-state index contributed by atoms with van der Waals surface area (Å²) in [6.45, 7) is 0.372. The van der Waals surface area contributed by atoms with E-state index in [9.17, 15) is 4.79 Å². The summed E-state index contributed by atoms with van der Waals surface area (Å²) in [6, 6.07) is 14.0. The van der Waals surface area contributed by atoms with Crippen molar-refractivity contribution in [1.29, 1.82) is 0 Å². The number of amides is 2. The van der Waals surface area contributed by atoms with Gasteiger partial charge in [0.2, 0.25) is 0 Å². The minimum atomic E-state index is -0.316. The molecule has 0 bridgehead atoms. The third-order valence-corrected chi connectivity index (χ3v) is 2.84. The average Bonchev–Trinajstić information content (AvgIpc) is 2.42. The number of benzene rings is 2. The number of anilines is 2. The molecular formula is C14H14ClN3O. The van der Waals surface area contributed by atoms with E-state index < -0.39 is 0 Å². The van der Waals surface area contributed by atoms with Crippen LogP contribution in [0, 0.1) is 0 Å². The maximum atomic E-state index is 11.8. The lowest BCUT2D eigenvalue weighted by Crippen LogP contribution is -2.20. The van der Waals surface area contributed by atoms with Gasteiger partial charge in [-0.2, -0.15) is 0 Å². The summed E-state index contributed by atoms with van der Waals surface area (Å²) < 4.78 is 0. The van der Waals surface area contributed by atoms with Gasteiger partial charge in [0.05, 0.1) is 0 Å². The molecule has 4 N–H and O–H groups in total. The SMILES string of the molecule is NCc1ccccc1NC(=O)Nc1ccc(Cl)cc1. The highest BCUT2D eigenvalue weighted by atomic mass is 35.5. The molecule has 0 heterocycles. The number of nitrogens with one attached hydrogen (secondary N) is 2. The van der Waals surface area contributed by atoms with Gasteiger partial charge in [0, 0.05) is 22.9 Å². The third-order valence-electron chi connectivity index (χ3n) is 2.59. The highest BCUT2D eigenvalue weighted by Gasteiger charge is 2.05. The van der Waals surface area contributed by atoms with E-state index >= 15 is 0 Å². The molecule has 0 atom stereocenters. The zero-order valence-electron chi connectivity index (χ0n) is 10.2. The van der Waals surface area contributed by atoms with Crippen molar-refractivity contribution in [3.8, 4) is 0 Å². The van der Waals surface area contributed by atoms with Gasteiger partial charge >= 0.3 is 6.03 Å². The van der Waals surface area contributed by atoms with Crippen molar-refractivity contribution in [3.05, 3.63) is 59.1 Å². The number of para-hydroxylation sites is 1. The quantitative estimate of drug-likeness (QED) is 0.803. The van der Waals surface area contributed by atoms with Gasteiger partial charge in [0.25, 0.3) is 0 Å². The molecule has 0 aromatic heterocycles. The van der Waals surface area contributed by atoms with E-state index in [-0.39, 0.29) is 6.03 Å². The fourth-order valence-electron chi connectivity index (χ4n) is 1.64. The topological polar surface area (TPSA) is 67.1 Å². The van der Waals surface area contributed by atoms with Crippen molar-refractivity contribution in [3.63, 3.8) is 0 Å². The van der Waals surface area contributed by atoms with Crippen LogP contribution in [0.25, 0.3) is 0 Å². The largest absolute Gasteiger partial charge is 0.326 e. The Morgan fingerprint density at radius 1 is 1.05 bits per heavy atom. The first kappa shape index (κ1) is 13.4. The number of hydrogen-bond donors (Lipinski definition) is 3. The summed E-state index contributed by atoms with van der Waals surface area (Å²) in [6.07, 6.45) is 0. The number of halogens is 1. The van der Waals surface area contributed by atoms with Gasteiger partial charge in [-0.05, 0) is 35.9 Å².